The van der Waals surface area contributed by atoms with E-state index >= 15 is 0 Å². The molecule has 1 fully saturated rings. The van der Waals surface area contributed by atoms with Gasteiger partial charge in [0.2, 0.25) is 0 Å². The van der Waals surface area contributed by atoms with Crippen molar-refractivity contribution in [3.8, 4) is 0 Å². The second kappa shape index (κ2) is 6.98. The van der Waals surface area contributed by atoms with E-state index in [1.54, 1.807) is 0 Å². The monoisotopic (exact) mass is 357 g/mol. The molecule has 0 saturated carbocycles. The topological polar surface area (TPSA) is 38.8 Å². The fourth-order valence-corrected chi connectivity index (χ4v) is 3.94. The zero-order valence-electron chi connectivity index (χ0n) is 17.6. The Morgan fingerprint density at radius 3 is 2.17 bits per heavy atom. The van der Waals surface area contributed by atoms with Gasteiger partial charge in [0.05, 0.1) is 12.6 Å². The molecule has 1 saturated heterocycles. The summed E-state index contributed by atoms with van der Waals surface area (Å²) in [5.74, 6) is 0. The van der Waals surface area contributed by atoms with Crippen molar-refractivity contribution in [2.75, 3.05) is 6.61 Å². The summed E-state index contributed by atoms with van der Waals surface area (Å²) in [4.78, 5) is 14.8. The zero-order valence-corrected chi connectivity index (χ0v) is 18.6. The number of amides is 1. The smallest absolute Gasteiger partial charge is 0.411 e. The fraction of sp³-hybridized carbons (Fsp3) is 0.947. The normalized spacial score (nSPS) is 22.4. The van der Waals surface area contributed by atoms with Crippen molar-refractivity contribution >= 4 is 14.4 Å². The van der Waals surface area contributed by atoms with Crippen LogP contribution in [-0.2, 0) is 9.16 Å². The van der Waals surface area contributed by atoms with Gasteiger partial charge in [0.25, 0.3) is 0 Å². The zero-order chi connectivity index (χ0) is 19.0. The summed E-state index contributed by atoms with van der Waals surface area (Å²) < 4.78 is 12.1. The lowest BCUT2D eigenvalue weighted by Crippen LogP contribution is -2.59. The molecular weight excluding hydrogens is 318 g/mol. The highest BCUT2D eigenvalue weighted by Crippen LogP contribution is 2.38. The molecule has 24 heavy (non-hydrogen) atoms. The summed E-state index contributed by atoms with van der Waals surface area (Å²) in [5, 5.41) is 0.175. The first kappa shape index (κ1) is 21.5. The predicted octanol–water partition coefficient (Wildman–Crippen LogP) is 5.58. The number of hydrogen-bond acceptors (Lipinski definition) is 3. The summed E-state index contributed by atoms with van der Waals surface area (Å²) >= 11 is 0. The summed E-state index contributed by atoms with van der Waals surface area (Å²) in [6.45, 7) is 21.9. The SMILES string of the molecule is CC(C)(C)OC(=O)N1[C@@H](CO[Si](C)(C)C(C)(C)C)CCCC1(C)C. The molecule has 4 nitrogen and oxygen atoms in total. The van der Waals surface area contributed by atoms with Gasteiger partial charge in [-0.15, -0.1) is 0 Å². The van der Waals surface area contributed by atoms with Crippen LogP contribution in [-0.4, -0.2) is 43.1 Å². The first-order valence-electron chi connectivity index (χ1n) is 9.23. The number of carbonyl (C=O) groups is 1. The van der Waals surface area contributed by atoms with Crippen LogP contribution in [0, 0.1) is 0 Å². The van der Waals surface area contributed by atoms with Gasteiger partial charge in [-0.05, 0) is 72.0 Å². The van der Waals surface area contributed by atoms with Gasteiger partial charge < -0.3 is 9.16 Å². The van der Waals surface area contributed by atoms with Crippen LogP contribution in [0.25, 0.3) is 0 Å². The minimum atomic E-state index is -1.83. The first-order valence-corrected chi connectivity index (χ1v) is 12.1. The summed E-state index contributed by atoms with van der Waals surface area (Å²) in [7, 11) is -1.83. The lowest BCUT2D eigenvalue weighted by molar-refractivity contribution is -0.0355. The molecule has 0 aromatic heterocycles. The molecular formula is C19H39NO3Si. The van der Waals surface area contributed by atoms with E-state index in [2.05, 4.69) is 47.7 Å². The molecule has 1 aliphatic heterocycles. The number of carbonyl (C=O) groups excluding carboxylic acids is 1. The average molecular weight is 358 g/mol. The molecule has 0 bridgehead atoms. The van der Waals surface area contributed by atoms with E-state index in [1.807, 2.05) is 25.7 Å². The number of ether oxygens (including phenoxy) is 1. The molecule has 142 valence electrons. The maximum atomic E-state index is 12.8. The Balaban J connectivity index is 2.92. The van der Waals surface area contributed by atoms with Gasteiger partial charge in [-0.3, -0.25) is 4.90 Å². The van der Waals surface area contributed by atoms with Crippen molar-refractivity contribution < 1.29 is 14.0 Å². The fourth-order valence-electron chi connectivity index (χ4n) is 2.90. The third-order valence-corrected chi connectivity index (χ3v) is 9.88. The van der Waals surface area contributed by atoms with E-state index in [0.29, 0.717) is 6.61 Å². The maximum absolute atomic E-state index is 12.8. The number of likely N-dealkylation sites (tertiary alicyclic amines) is 1. The number of hydrogen-bond donors (Lipinski definition) is 0. The van der Waals surface area contributed by atoms with E-state index in [4.69, 9.17) is 9.16 Å². The molecule has 0 unspecified atom stereocenters. The molecule has 0 aliphatic carbocycles. The molecule has 1 aliphatic rings. The van der Waals surface area contributed by atoms with Crippen LogP contribution in [0.15, 0.2) is 0 Å². The molecule has 1 atom stereocenters. The summed E-state index contributed by atoms with van der Waals surface area (Å²) in [5.41, 5.74) is -0.669. The molecule has 0 spiro atoms. The van der Waals surface area contributed by atoms with Crippen molar-refractivity contribution in [1.29, 1.82) is 0 Å². The minimum Gasteiger partial charge on any atom is -0.444 e. The highest BCUT2D eigenvalue weighted by Gasteiger charge is 2.44. The van der Waals surface area contributed by atoms with Gasteiger partial charge in [0.1, 0.15) is 5.60 Å². The average Bonchev–Trinajstić information content (AvgIpc) is 2.31. The van der Waals surface area contributed by atoms with Crippen LogP contribution in [0.2, 0.25) is 18.1 Å². The van der Waals surface area contributed by atoms with E-state index in [1.165, 1.54) is 0 Å². The molecule has 1 heterocycles. The molecule has 5 heteroatoms. The van der Waals surface area contributed by atoms with Crippen LogP contribution in [0.4, 0.5) is 4.79 Å². The second-order valence-electron chi connectivity index (χ2n) is 10.3. The Labute approximate surface area is 150 Å². The third kappa shape index (κ3) is 5.48. The van der Waals surface area contributed by atoms with E-state index in [9.17, 15) is 4.79 Å². The van der Waals surface area contributed by atoms with Crippen molar-refractivity contribution in [1.82, 2.24) is 4.90 Å². The highest BCUT2D eigenvalue weighted by molar-refractivity contribution is 6.74. The first-order chi connectivity index (χ1) is 10.6. The Morgan fingerprint density at radius 2 is 1.71 bits per heavy atom. The Kier molecular flexibility index (Phi) is 6.25. The molecule has 1 rings (SSSR count). The number of piperidine rings is 1. The van der Waals surface area contributed by atoms with Crippen molar-refractivity contribution in [3.63, 3.8) is 0 Å². The third-order valence-electron chi connectivity index (χ3n) is 5.38. The van der Waals surface area contributed by atoms with Gasteiger partial charge in [-0.1, -0.05) is 20.8 Å². The predicted molar refractivity (Wildman–Crippen MR) is 103 cm³/mol. The van der Waals surface area contributed by atoms with Crippen LogP contribution in [0.5, 0.6) is 0 Å². The Morgan fingerprint density at radius 1 is 1.17 bits per heavy atom. The molecule has 0 aromatic rings. The van der Waals surface area contributed by atoms with Gasteiger partial charge in [0, 0.05) is 5.54 Å². The highest BCUT2D eigenvalue weighted by atomic mass is 28.4. The minimum absolute atomic E-state index is 0.0951. The Hall–Kier alpha value is -0.553. The number of rotatable bonds is 3. The summed E-state index contributed by atoms with van der Waals surface area (Å²) in [6.07, 6.45) is 2.90. The van der Waals surface area contributed by atoms with Gasteiger partial charge >= 0.3 is 6.09 Å². The summed E-state index contributed by atoms with van der Waals surface area (Å²) in [6, 6.07) is 0.0951. The van der Waals surface area contributed by atoms with E-state index in [-0.39, 0.29) is 22.7 Å². The molecule has 1 amide bonds. The van der Waals surface area contributed by atoms with E-state index in [0.717, 1.165) is 19.3 Å². The van der Waals surface area contributed by atoms with Crippen molar-refractivity contribution in [2.45, 2.75) is 110 Å². The quantitative estimate of drug-likeness (QED) is 0.619. The lowest BCUT2D eigenvalue weighted by atomic mass is 9.87. The molecule has 0 N–H and O–H groups in total. The van der Waals surface area contributed by atoms with Crippen LogP contribution < -0.4 is 0 Å². The van der Waals surface area contributed by atoms with Gasteiger partial charge in [-0.2, -0.15) is 0 Å². The maximum Gasteiger partial charge on any atom is 0.411 e. The molecule has 0 aromatic carbocycles. The molecule has 0 radical (unpaired) electrons. The van der Waals surface area contributed by atoms with Crippen molar-refractivity contribution in [2.24, 2.45) is 0 Å². The van der Waals surface area contributed by atoms with Crippen LogP contribution >= 0.6 is 0 Å². The van der Waals surface area contributed by atoms with Crippen LogP contribution in [0.3, 0.4) is 0 Å². The van der Waals surface area contributed by atoms with Crippen LogP contribution in [0.1, 0.15) is 74.7 Å². The second-order valence-corrected chi connectivity index (χ2v) is 15.1. The lowest BCUT2D eigenvalue weighted by Gasteiger charge is -2.48. The standard InChI is InChI=1S/C19H39NO3Si/c1-17(2,3)23-16(21)20-15(12-11-13-19(20,7)8)14-22-24(9,10)18(4,5)6/h15H,11-14H2,1-10H3/t15-/m1/s1. The van der Waals surface area contributed by atoms with E-state index < -0.39 is 13.9 Å². The number of nitrogens with zero attached hydrogens (tertiary/aromatic N) is 1. The van der Waals surface area contributed by atoms with Crippen molar-refractivity contribution in [3.05, 3.63) is 0 Å². The van der Waals surface area contributed by atoms with Gasteiger partial charge in [0.15, 0.2) is 8.32 Å². The van der Waals surface area contributed by atoms with Gasteiger partial charge in [-0.25, -0.2) is 4.79 Å². The Bertz CT molecular complexity index is 447. The largest absolute Gasteiger partial charge is 0.444 e.